The van der Waals surface area contributed by atoms with Crippen LogP contribution < -0.4 is 10.9 Å². The molecule has 11 heteroatoms. The van der Waals surface area contributed by atoms with Crippen molar-refractivity contribution >= 4 is 40.1 Å². The lowest BCUT2D eigenvalue weighted by Gasteiger charge is -2.38. The number of nitrogens with zero attached hydrogens (tertiary/aromatic N) is 4. The summed E-state index contributed by atoms with van der Waals surface area (Å²) in [5.41, 5.74) is 1.49. The van der Waals surface area contributed by atoms with Gasteiger partial charge in [0.2, 0.25) is 0 Å². The number of ether oxygens (including phenoxy) is 1. The molecule has 220 valence electrons. The standard InChI is InChI=1S/C31H33Cl2N5O4/c1-2-24-16-34-26(17-42-24)20-5-9-23(10-6-20)38-27(33)15-25-28(38)35-19-37(30(25)40)18-31(41)11-13-36(14-12-31)29(39)21-3-7-22(32)8-4-21/h3-10,15,19,24,26,34,41H,2,11-14,16-18H2,1H3/t24-,26-/m0/s1. The maximum atomic E-state index is 13.5. The molecule has 6 rings (SSSR count). The van der Waals surface area contributed by atoms with Crippen molar-refractivity contribution in [3.05, 3.63) is 92.6 Å². The molecule has 2 aliphatic heterocycles. The number of hydrogen-bond donors (Lipinski definition) is 2. The number of hydrogen-bond acceptors (Lipinski definition) is 6. The van der Waals surface area contributed by atoms with Crippen LogP contribution in [0, 0.1) is 0 Å². The second-order valence-corrected chi connectivity index (χ2v) is 12.0. The quantitative estimate of drug-likeness (QED) is 0.331. The van der Waals surface area contributed by atoms with E-state index in [9.17, 15) is 14.7 Å². The molecule has 0 saturated carbocycles. The van der Waals surface area contributed by atoms with Gasteiger partial charge >= 0.3 is 0 Å². The first-order valence-corrected chi connectivity index (χ1v) is 15.0. The van der Waals surface area contributed by atoms with E-state index in [1.165, 1.54) is 10.9 Å². The first-order chi connectivity index (χ1) is 20.2. The molecule has 4 aromatic rings. The Hall–Kier alpha value is -3.21. The molecular weight excluding hydrogens is 577 g/mol. The lowest BCUT2D eigenvalue weighted by Crippen LogP contribution is -2.49. The van der Waals surface area contributed by atoms with Crippen molar-refractivity contribution in [1.82, 2.24) is 24.3 Å². The van der Waals surface area contributed by atoms with Crippen molar-refractivity contribution in [3.8, 4) is 5.69 Å². The third-order valence-electron chi connectivity index (χ3n) is 8.38. The van der Waals surface area contributed by atoms with E-state index in [2.05, 4.69) is 17.2 Å². The number of carbonyl (C=O) groups is 1. The van der Waals surface area contributed by atoms with E-state index < -0.39 is 5.60 Å². The van der Waals surface area contributed by atoms with Gasteiger partial charge in [-0.25, -0.2) is 4.98 Å². The SMILES string of the molecule is CC[C@H]1CN[C@H](c2ccc(-n3c(Cl)cc4c(=O)n(CC5(O)CCN(C(=O)c6ccc(Cl)cc6)CC5)cnc43)cc2)CO1. The monoisotopic (exact) mass is 609 g/mol. The smallest absolute Gasteiger partial charge is 0.262 e. The van der Waals surface area contributed by atoms with E-state index in [-0.39, 0.29) is 30.2 Å². The molecule has 2 aromatic heterocycles. The predicted octanol–water partition coefficient (Wildman–Crippen LogP) is 4.60. The van der Waals surface area contributed by atoms with E-state index in [0.29, 0.717) is 59.3 Å². The van der Waals surface area contributed by atoms with Crippen LogP contribution in [0.2, 0.25) is 10.2 Å². The van der Waals surface area contributed by atoms with Gasteiger partial charge < -0.3 is 20.1 Å². The third-order valence-corrected chi connectivity index (χ3v) is 8.91. The van der Waals surface area contributed by atoms with Crippen molar-refractivity contribution in [2.45, 2.75) is 50.5 Å². The minimum atomic E-state index is -1.15. The average Bonchev–Trinajstić information content (AvgIpc) is 3.35. The fraction of sp³-hybridized carbons (Fsp3) is 0.387. The fourth-order valence-electron chi connectivity index (χ4n) is 5.78. The summed E-state index contributed by atoms with van der Waals surface area (Å²) < 4.78 is 9.10. The maximum Gasteiger partial charge on any atom is 0.262 e. The van der Waals surface area contributed by atoms with Crippen LogP contribution in [-0.4, -0.2) is 68.0 Å². The van der Waals surface area contributed by atoms with E-state index in [0.717, 1.165) is 24.2 Å². The molecule has 42 heavy (non-hydrogen) atoms. The molecule has 2 saturated heterocycles. The highest BCUT2D eigenvalue weighted by Crippen LogP contribution is 2.28. The molecule has 0 unspecified atom stereocenters. The number of halogens is 2. The minimum absolute atomic E-state index is 0.0740. The molecule has 2 aliphatic rings. The van der Waals surface area contributed by atoms with Crippen LogP contribution in [0.1, 0.15) is 48.1 Å². The molecule has 0 aliphatic carbocycles. The minimum Gasteiger partial charge on any atom is -0.388 e. The topological polar surface area (TPSA) is 102 Å². The average molecular weight is 611 g/mol. The van der Waals surface area contributed by atoms with Crippen molar-refractivity contribution in [2.75, 3.05) is 26.2 Å². The van der Waals surface area contributed by atoms with Gasteiger partial charge in [0.05, 0.1) is 36.3 Å². The van der Waals surface area contributed by atoms with Gasteiger partial charge in [0.15, 0.2) is 5.65 Å². The Morgan fingerprint density at radius 2 is 1.83 bits per heavy atom. The first kappa shape index (κ1) is 28.9. The molecule has 4 heterocycles. The predicted molar refractivity (Wildman–Crippen MR) is 163 cm³/mol. The Bertz CT molecular complexity index is 1640. The number of piperidine rings is 1. The highest BCUT2D eigenvalue weighted by molar-refractivity contribution is 6.31. The van der Waals surface area contributed by atoms with Crippen LogP contribution in [0.3, 0.4) is 0 Å². The second-order valence-electron chi connectivity index (χ2n) is 11.2. The summed E-state index contributed by atoms with van der Waals surface area (Å²) in [6, 6.07) is 16.5. The zero-order valence-electron chi connectivity index (χ0n) is 23.3. The number of aliphatic hydroxyl groups is 1. The zero-order chi connectivity index (χ0) is 29.4. The molecule has 2 fully saturated rings. The lowest BCUT2D eigenvalue weighted by molar-refractivity contribution is -0.0299. The molecule has 9 nitrogen and oxygen atoms in total. The van der Waals surface area contributed by atoms with Crippen molar-refractivity contribution in [3.63, 3.8) is 0 Å². The highest BCUT2D eigenvalue weighted by atomic mass is 35.5. The van der Waals surface area contributed by atoms with Gasteiger partial charge in [0, 0.05) is 35.9 Å². The molecule has 0 bridgehead atoms. The number of benzene rings is 2. The molecule has 2 N–H and O–H groups in total. The van der Waals surface area contributed by atoms with Gasteiger partial charge in [0.1, 0.15) is 11.5 Å². The van der Waals surface area contributed by atoms with Gasteiger partial charge in [-0.2, -0.15) is 0 Å². The highest BCUT2D eigenvalue weighted by Gasteiger charge is 2.35. The third kappa shape index (κ3) is 5.72. The normalized spacial score (nSPS) is 20.6. The first-order valence-electron chi connectivity index (χ1n) is 14.2. The number of amides is 1. The summed E-state index contributed by atoms with van der Waals surface area (Å²) in [4.78, 5) is 32.6. The number of nitrogens with one attached hydrogen (secondary N) is 1. The fourth-order valence-corrected chi connectivity index (χ4v) is 6.19. The van der Waals surface area contributed by atoms with E-state index in [4.69, 9.17) is 27.9 Å². The van der Waals surface area contributed by atoms with E-state index in [1.54, 1.807) is 39.8 Å². The number of fused-ring (bicyclic) bond motifs is 1. The van der Waals surface area contributed by atoms with Crippen LogP contribution in [0.4, 0.5) is 0 Å². The molecular formula is C31H33Cl2N5O4. The zero-order valence-corrected chi connectivity index (χ0v) is 24.8. The maximum absolute atomic E-state index is 13.5. The second kappa shape index (κ2) is 11.8. The van der Waals surface area contributed by atoms with Crippen LogP contribution in [0.25, 0.3) is 16.7 Å². The number of morpholine rings is 1. The summed E-state index contributed by atoms with van der Waals surface area (Å²) in [7, 11) is 0. The van der Waals surface area contributed by atoms with Crippen LogP contribution >= 0.6 is 23.2 Å². The summed E-state index contributed by atoms with van der Waals surface area (Å²) in [6.07, 6.45) is 3.37. The largest absolute Gasteiger partial charge is 0.388 e. The molecule has 0 radical (unpaired) electrons. The van der Waals surface area contributed by atoms with Crippen LogP contribution in [0.5, 0.6) is 0 Å². The van der Waals surface area contributed by atoms with Gasteiger partial charge in [-0.1, -0.05) is 42.3 Å². The lowest BCUT2D eigenvalue weighted by atomic mass is 9.91. The Kier molecular flexibility index (Phi) is 8.13. The Labute approximate surface area is 253 Å². The van der Waals surface area contributed by atoms with Crippen molar-refractivity contribution in [1.29, 1.82) is 0 Å². The van der Waals surface area contributed by atoms with Crippen molar-refractivity contribution < 1.29 is 14.6 Å². The number of aromatic nitrogens is 3. The Morgan fingerprint density at radius 3 is 2.48 bits per heavy atom. The van der Waals surface area contributed by atoms with Crippen LogP contribution in [-0.2, 0) is 11.3 Å². The summed E-state index contributed by atoms with van der Waals surface area (Å²) in [5, 5.41) is 16.2. The van der Waals surface area contributed by atoms with E-state index >= 15 is 0 Å². The molecule has 2 aromatic carbocycles. The van der Waals surface area contributed by atoms with Gasteiger partial charge in [-0.15, -0.1) is 0 Å². The molecule has 1 amide bonds. The van der Waals surface area contributed by atoms with Crippen molar-refractivity contribution in [2.24, 2.45) is 0 Å². The van der Waals surface area contributed by atoms with Crippen LogP contribution in [0.15, 0.2) is 65.7 Å². The molecule has 2 atom stereocenters. The Balaban J connectivity index is 1.16. The molecule has 0 spiro atoms. The summed E-state index contributed by atoms with van der Waals surface area (Å²) in [5.74, 6) is -0.105. The number of likely N-dealkylation sites (tertiary alicyclic amines) is 1. The van der Waals surface area contributed by atoms with E-state index in [1.807, 2.05) is 24.3 Å². The summed E-state index contributed by atoms with van der Waals surface area (Å²) >= 11 is 12.6. The number of rotatable bonds is 6. The van der Waals surface area contributed by atoms with Gasteiger partial charge in [-0.3, -0.25) is 18.7 Å². The van der Waals surface area contributed by atoms with Gasteiger partial charge in [-0.05, 0) is 67.3 Å². The Morgan fingerprint density at radius 1 is 1.12 bits per heavy atom. The van der Waals surface area contributed by atoms with Gasteiger partial charge in [0.25, 0.3) is 11.5 Å². The number of carbonyl (C=O) groups excluding carboxylic acids is 1. The summed E-state index contributed by atoms with van der Waals surface area (Å²) in [6.45, 7) is 4.39.